The molecule has 1 aliphatic carbocycles. The lowest BCUT2D eigenvalue weighted by atomic mass is 9.90. The van der Waals surface area contributed by atoms with E-state index in [2.05, 4.69) is 42.6 Å². The number of aryl methyl sites for hydroxylation is 2. The molecular weight excluding hydrogens is 256 g/mol. The number of nitrogens with zero attached hydrogens (tertiary/aromatic N) is 2. The van der Waals surface area contributed by atoms with Gasteiger partial charge < -0.3 is 9.47 Å². The average Bonchev–Trinajstić information content (AvgIpc) is 2.80. The summed E-state index contributed by atoms with van der Waals surface area (Å²) in [6.45, 7) is 10.5. The zero-order valence-electron chi connectivity index (χ0n) is 12.7. The Morgan fingerprint density at radius 3 is 2.32 bits per heavy atom. The summed E-state index contributed by atoms with van der Waals surface area (Å²) in [7, 11) is 0. The second-order valence-electron chi connectivity index (χ2n) is 5.57. The van der Waals surface area contributed by atoms with Crippen molar-refractivity contribution in [1.29, 1.82) is 0 Å². The summed E-state index contributed by atoms with van der Waals surface area (Å²) in [5.74, 6) is 0. The molecule has 0 aliphatic heterocycles. The molecule has 0 fully saturated rings. The zero-order valence-corrected chi connectivity index (χ0v) is 13.5. The van der Waals surface area contributed by atoms with E-state index in [0.29, 0.717) is 0 Å². The third-order valence-corrected chi connectivity index (χ3v) is 4.16. The first-order valence-corrected chi connectivity index (χ1v) is 7.70. The summed E-state index contributed by atoms with van der Waals surface area (Å²) in [6.07, 6.45) is 11.2. The number of fused-ring (bicyclic) bond motifs is 1. The molecule has 0 bridgehead atoms. The number of hydrogen-bond acceptors (Lipinski definition) is 1. The van der Waals surface area contributed by atoms with E-state index in [1.165, 1.54) is 45.2 Å². The van der Waals surface area contributed by atoms with E-state index in [0.717, 1.165) is 12.6 Å². The molecule has 1 aromatic rings. The molecule has 0 saturated carbocycles. The van der Waals surface area contributed by atoms with Gasteiger partial charge >= 0.3 is 0 Å². The maximum absolute atomic E-state index is 2.71. The molecule has 110 valence electrons. The first-order chi connectivity index (χ1) is 8.78. The fourth-order valence-electron chi connectivity index (χ4n) is 3.24. The Hall–Kier alpha value is -0.470. The van der Waals surface area contributed by atoms with Crippen LogP contribution in [0, 0.1) is 0 Å². The van der Waals surface area contributed by atoms with Crippen molar-refractivity contribution in [3.8, 4) is 0 Å². The summed E-state index contributed by atoms with van der Waals surface area (Å²) in [5, 5.41) is 0. The first kappa shape index (κ1) is 16.6. The summed E-state index contributed by atoms with van der Waals surface area (Å²) >= 11 is 0. The van der Waals surface area contributed by atoms with Crippen molar-refractivity contribution in [2.75, 3.05) is 13.1 Å². The molecule has 1 unspecified atom stereocenters. The fraction of sp³-hybridized carbons (Fsp3) is 0.750. The number of aromatic nitrogens is 1. The van der Waals surface area contributed by atoms with Crippen molar-refractivity contribution in [1.82, 2.24) is 9.47 Å². The van der Waals surface area contributed by atoms with Crippen LogP contribution in [0.4, 0.5) is 0 Å². The van der Waals surface area contributed by atoms with E-state index in [1.807, 2.05) is 0 Å². The maximum Gasteiger partial charge on any atom is 0.0191 e. The molecule has 1 atom stereocenters. The Morgan fingerprint density at radius 1 is 1.11 bits per heavy atom. The first-order valence-electron chi connectivity index (χ1n) is 7.70. The van der Waals surface area contributed by atoms with Crippen molar-refractivity contribution in [2.45, 2.75) is 65.5 Å². The van der Waals surface area contributed by atoms with Crippen LogP contribution in [-0.2, 0) is 19.4 Å². The molecule has 1 heterocycles. The Kier molecular flexibility index (Phi) is 6.95. The van der Waals surface area contributed by atoms with Gasteiger partial charge in [0.25, 0.3) is 0 Å². The molecule has 1 aliphatic rings. The van der Waals surface area contributed by atoms with E-state index in [-0.39, 0.29) is 12.4 Å². The van der Waals surface area contributed by atoms with Gasteiger partial charge in [-0.15, -0.1) is 12.4 Å². The molecule has 19 heavy (non-hydrogen) atoms. The Balaban J connectivity index is 0.00000180. The van der Waals surface area contributed by atoms with Gasteiger partial charge in [-0.2, -0.15) is 0 Å². The summed E-state index contributed by atoms with van der Waals surface area (Å²) in [5.41, 5.74) is 3.20. The van der Waals surface area contributed by atoms with Gasteiger partial charge in [-0.1, -0.05) is 13.8 Å². The van der Waals surface area contributed by atoms with E-state index in [9.17, 15) is 0 Å². The quantitative estimate of drug-likeness (QED) is 0.769. The summed E-state index contributed by atoms with van der Waals surface area (Å²) < 4.78 is 2.34. The third-order valence-electron chi connectivity index (χ3n) is 4.16. The second kappa shape index (κ2) is 7.96. The van der Waals surface area contributed by atoms with Crippen molar-refractivity contribution < 1.29 is 0 Å². The van der Waals surface area contributed by atoms with Gasteiger partial charge in [0.1, 0.15) is 0 Å². The van der Waals surface area contributed by atoms with Gasteiger partial charge in [-0.3, -0.25) is 0 Å². The lowest BCUT2D eigenvalue weighted by Crippen LogP contribution is -2.40. The van der Waals surface area contributed by atoms with Crippen LogP contribution in [0.1, 0.15) is 51.2 Å². The van der Waals surface area contributed by atoms with E-state index in [4.69, 9.17) is 0 Å². The fourth-order valence-corrected chi connectivity index (χ4v) is 3.24. The summed E-state index contributed by atoms with van der Waals surface area (Å²) in [4.78, 5) is 2.71. The number of hydrogen-bond donors (Lipinski definition) is 0. The third kappa shape index (κ3) is 4.00. The van der Waals surface area contributed by atoms with Gasteiger partial charge in [0.15, 0.2) is 0 Å². The van der Waals surface area contributed by atoms with Gasteiger partial charge in [0, 0.05) is 25.0 Å². The lowest BCUT2D eigenvalue weighted by Gasteiger charge is -2.34. The standard InChI is InChI=1S/C16H28N2.ClH/c1-4-9-18(10-5-2)16-8-7-14-12-17(6-3)13-15(14)11-16;/h12-13,16H,4-11H2,1-3H3;1H. The Morgan fingerprint density at radius 2 is 1.74 bits per heavy atom. The van der Waals surface area contributed by atoms with Crippen molar-refractivity contribution in [3.05, 3.63) is 23.5 Å². The van der Waals surface area contributed by atoms with E-state index >= 15 is 0 Å². The highest BCUT2D eigenvalue weighted by Crippen LogP contribution is 2.25. The normalized spacial score (nSPS) is 18.2. The molecular formula is C16H29ClN2. The van der Waals surface area contributed by atoms with Crippen LogP contribution in [0.25, 0.3) is 0 Å². The van der Waals surface area contributed by atoms with Crippen molar-refractivity contribution in [3.63, 3.8) is 0 Å². The largest absolute Gasteiger partial charge is 0.354 e. The monoisotopic (exact) mass is 284 g/mol. The SMILES string of the molecule is CCCN(CCC)C1CCc2cn(CC)cc2C1.Cl. The molecule has 0 radical (unpaired) electrons. The van der Waals surface area contributed by atoms with E-state index < -0.39 is 0 Å². The zero-order chi connectivity index (χ0) is 13.0. The number of rotatable bonds is 6. The molecule has 2 rings (SSSR count). The van der Waals surface area contributed by atoms with Crippen LogP contribution in [0.5, 0.6) is 0 Å². The highest BCUT2D eigenvalue weighted by Gasteiger charge is 2.24. The minimum Gasteiger partial charge on any atom is -0.354 e. The van der Waals surface area contributed by atoms with E-state index in [1.54, 1.807) is 11.1 Å². The number of halogens is 1. The van der Waals surface area contributed by atoms with Crippen LogP contribution in [0.3, 0.4) is 0 Å². The molecule has 0 N–H and O–H groups in total. The minimum atomic E-state index is 0. The smallest absolute Gasteiger partial charge is 0.0191 e. The lowest BCUT2D eigenvalue weighted by molar-refractivity contribution is 0.180. The van der Waals surface area contributed by atoms with Crippen LogP contribution in [0.2, 0.25) is 0 Å². The van der Waals surface area contributed by atoms with Crippen LogP contribution < -0.4 is 0 Å². The molecule has 0 amide bonds. The average molecular weight is 285 g/mol. The van der Waals surface area contributed by atoms with Gasteiger partial charge in [-0.25, -0.2) is 0 Å². The van der Waals surface area contributed by atoms with Crippen LogP contribution >= 0.6 is 12.4 Å². The van der Waals surface area contributed by atoms with Gasteiger partial charge in [-0.05, 0) is 63.2 Å². The summed E-state index contributed by atoms with van der Waals surface area (Å²) in [6, 6.07) is 0.783. The van der Waals surface area contributed by atoms with Crippen molar-refractivity contribution in [2.24, 2.45) is 0 Å². The maximum atomic E-state index is 2.71. The van der Waals surface area contributed by atoms with Crippen LogP contribution in [0.15, 0.2) is 12.4 Å². The predicted molar refractivity (Wildman–Crippen MR) is 85.3 cm³/mol. The molecule has 2 nitrogen and oxygen atoms in total. The van der Waals surface area contributed by atoms with Crippen molar-refractivity contribution >= 4 is 12.4 Å². The highest BCUT2D eigenvalue weighted by atomic mass is 35.5. The Bertz CT molecular complexity index is 367. The molecule has 0 aromatic carbocycles. The minimum absolute atomic E-state index is 0. The highest BCUT2D eigenvalue weighted by molar-refractivity contribution is 5.85. The molecule has 1 aromatic heterocycles. The second-order valence-corrected chi connectivity index (χ2v) is 5.57. The molecule has 3 heteroatoms. The van der Waals surface area contributed by atoms with Gasteiger partial charge in [0.2, 0.25) is 0 Å². The Labute approximate surface area is 124 Å². The predicted octanol–water partition coefficient (Wildman–Crippen LogP) is 3.91. The molecule has 0 spiro atoms. The topological polar surface area (TPSA) is 8.17 Å². The van der Waals surface area contributed by atoms with Gasteiger partial charge in [0.05, 0.1) is 0 Å². The molecule has 0 saturated heterocycles. The van der Waals surface area contributed by atoms with Crippen LogP contribution in [-0.4, -0.2) is 28.6 Å².